The van der Waals surface area contributed by atoms with Gasteiger partial charge in [-0.15, -0.1) is 0 Å². The number of nitrogens with zero attached hydrogens (tertiary/aromatic N) is 2. The Morgan fingerprint density at radius 3 is 2.61 bits per heavy atom. The van der Waals surface area contributed by atoms with E-state index in [0.29, 0.717) is 17.5 Å². The first-order chi connectivity index (χ1) is 8.45. The molecule has 1 N–H and O–H groups in total. The van der Waals surface area contributed by atoms with E-state index in [1.165, 1.54) is 38.9 Å². The van der Waals surface area contributed by atoms with E-state index < -0.39 is 0 Å². The predicted molar refractivity (Wildman–Crippen MR) is 77.9 cm³/mol. The summed E-state index contributed by atoms with van der Waals surface area (Å²) in [4.78, 5) is 5.26. The summed E-state index contributed by atoms with van der Waals surface area (Å²) in [6.07, 6.45) is 4.02. The quantitative estimate of drug-likeness (QED) is 0.809. The summed E-state index contributed by atoms with van der Waals surface area (Å²) in [5.74, 6) is 0. The van der Waals surface area contributed by atoms with Crippen molar-refractivity contribution in [3.63, 3.8) is 0 Å². The molecule has 0 radical (unpaired) electrons. The number of rotatable bonds is 2. The van der Waals surface area contributed by atoms with Gasteiger partial charge in [0.05, 0.1) is 0 Å². The van der Waals surface area contributed by atoms with Crippen molar-refractivity contribution in [3.05, 3.63) is 0 Å². The van der Waals surface area contributed by atoms with Crippen LogP contribution in [0, 0.1) is 5.41 Å². The third kappa shape index (κ3) is 2.73. The van der Waals surface area contributed by atoms with Gasteiger partial charge in [0.2, 0.25) is 0 Å². The highest BCUT2D eigenvalue weighted by molar-refractivity contribution is 5.01. The minimum atomic E-state index is 0.442. The third-order valence-corrected chi connectivity index (χ3v) is 5.15. The van der Waals surface area contributed by atoms with E-state index in [1.54, 1.807) is 0 Å². The lowest BCUT2D eigenvalue weighted by atomic mass is 9.86. The molecular weight excluding hydrogens is 222 g/mol. The van der Waals surface area contributed by atoms with Crippen molar-refractivity contribution in [2.45, 2.75) is 58.2 Å². The molecule has 3 atom stereocenters. The van der Waals surface area contributed by atoms with Crippen LogP contribution in [0.3, 0.4) is 0 Å². The Kier molecular flexibility index (Phi) is 4.35. The van der Waals surface area contributed by atoms with Crippen molar-refractivity contribution in [2.75, 3.05) is 33.7 Å². The van der Waals surface area contributed by atoms with Crippen molar-refractivity contribution >= 4 is 0 Å². The van der Waals surface area contributed by atoms with Crippen LogP contribution in [0.1, 0.15) is 40.0 Å². The van der Waals surface area contributed by atoms with Crippen LogP contribution in [0.4, 0.5) is 0 Å². The van der Waals surface area contributed by atoms with Gasteiger partial charge in [-0.3, -0.25) is 4.90 Å². The lowest BCUT2D eigenvalue weighted by Crippen LogP contribution is -2.54. The molecule has 1 aliphatic heterocycles. The zero-order chi connectivity index (χ0) is 13.3. The Morgan fingerprint density at radius 1 is 1.22 bits per heavy atom. The highest BCUT2D eigenvalue weighted by atomic mass is 15.3. The Labute approximate surface area is 113 Å². The Balaban J connectivity index is 2.10. The fraction of sp³-hybridized carbons (Fsp3) is 1.00. The first kappa shape index (κ1) is 14.3. The monoisotopic (exact) mass is 253 g/mol. The van der Waals surface area contributed by atoms with E-state index in [4.69, 9.17) is 0 Å². The highest BCUT2D eigenvalue weighted by Crippen LogP contribution is 2.40. The summed E-state index contributed by atoms with van der Waals surface area (Å²) in [5.41, 5.74) is 0.442. The molecule has 0 aromatic rings. The molecule has 2 fully saturated rings. The zero-order valence-corrected chi connectivity index (χ0v) is 12.9. The maximum atomic E-state index is 3.60. The van der Waals surface area contributed by atoms with Crippen LogP contribution in [-0.4, -0.2) is 61.7 Å². The number of hydrogen-bond donors (Lipinski definition) is 1. The van der Waals surface area contributed by atoms with Crippen LogP contribution in [0.25, 0.3) is 0 Å². The van der Waals surface area contributed by atoms with E-state index in [1.807, 2.05) is 0 Å². The average molecular weight is 253 g/mol. The average Bonchev–Trinajstić information content (AvgIpc) is 2.48. The fourth-order valence-corrected chi connectivity index (χ4v) is 4.19. The molecule has 1 saturated heterocycles. The topological polar surface area (TPSA) is 18.5 Å². The summed E-state index contributed by atoms with van der Waals surface area (Å²) in [6, 6.07) is 2.06. The molecule has 106 valence electrons. The summed E-state index contributed by atoms with van der Waals surface area (Å²) in [7, 11) is 4.40. The first-order valence-corrected chi connectivity index (χ1v) is 7.57. The second-order valence-electron chi connectivity index (χ2n) is 7.06. The standard InChI is InChI=1S/C15H31N3/c1-12-11-17(5)9-6-10-18(12)13-7-8-15(2,3)14(13)16-4/h12-14,16H,6-11H2,1-5H3. The van der Waals surface area contributed by atoms with E-state index in [2.05, 4.69) is 50.0 Å². The lowest BCUT2D eigenvalue weighted by Gasteiger charge is -2.39. The molecule has 3 heteroatoms. The summed E-state index contributed by atoms with van der Waals surface area (Å²) < 4.78 is 0. The van der Waals surface area contributed by atoms with Gasteiger partial charge in [0.15, 0.2) is 0 Å². The van der Waals surface area contributed by atoms with Gasteiger partial charge in [-0.25, -0.2) is 0 Å². The van der Waals surface area contributed by atoms with Crippen LogP contribution in [0.2, 0.25) is 0 Å². The smallest absolute Gasteiger partial charge is 0.0271 e. The predicted octanol–water partition coefficient (Wildman–Crippen LogP) is 1.79. The Hall–Kier alpha value is -0.120. The summed E-state index contributed by atoms with van der Waals surface area (Å²) >= 11 is 0. The molecule has 0 aromatic heterocycles. The van der Waals surface area contributed by atoms with Crippen molar-refractivity contribution < 1.29 is 0 Å². The van der Waals surface area contributed by atoms with Gasteiger partial charge in [-0.1, -0.05) is 13.8 Å². The molecular formula is C15H31N3. The molecule has 1 saturated carbocycles. The summed E-state index contributed by atoms with van der Waals surface area (Å²) in [5, 5.41) is 3.60. The van der Waals surface area contributed by atoms with Crippen molar-refractivity contribution in [1.29, 1.82) is 0 Å². The lowest BCUT2D eigenvalue weighted by molar-refractivity contribution is 0.110. The molecule has 0 amide bonds. The van der Waals surface area contributed by atoms with Crippen LogP contribution < -0.4 is 5.32 Å². The minimum Gasteiger partial charge on any atom is -0.315 e. The summed E-state index contributed by atoms with van der Waals surface area (Å²) in [6.45, 7) is 11.0. The molecule has 0 aromatic carbocycles. The molecule has 3 unspecified atom stereocenters. The van der Waals surface area contributed by atoms with Gasteiger partial charge < -0.3 is 10.2 Å². The second kappa shape index (κ2) is 5.48. The molecule has 1 heterocycles. The van der Waals surface area contributed by atoms with Crippen LogP contribution >= 0.6 is 0 Å². The van der Waals surface area contributed by atoms with Crippen molar-refractivity contribution in [1.82, 2.24) is 15.1 Å². The number of hydrogen-bond acceptors (Lipinski definition) is 3. The third-order valence-electron chi connectivity index (χ3n) is 5.15. The number of likely N-dealkylation sites (N-methyl/N-ethyl adjacent to an activating group) is 2. The highest BCUT2D eigenvalue weighted by Gasteiger charge is 2.44. The normalized spacial score (nSPS) is 38.8. The minimum absolute atomic E-state index is 0.442. The zero-order valence-electron chi connectivity index (χ0n) is 12.9. The van der Waals surface area contributed by atoms with Crippen LogP contribution in [0.15, 0.2) is 0 Å². The van der Waals surface area contributed by atoms with E-state index in [0.717, 1.165) is 6.04 Å². The van der Waals surface area contributed by atoms with E-state index >= 15 is 0 Å². The maximum Gasteiger partial charge on any atom is 0.0271 e. The Morgan fingerprint density at radius 2 is 1.94 bits per heavy atom. The maximum absolute atomic E-state index is 3.60. The molecule has 3 nitrogen and oxygen atoms in total. The molecule has 18 heavy (non-hydrogen) atoms. The van der Waals surface area contributed by atoms with Gasteiger partial charge in [-0.2, -0.15) is 0 Å². The molecule has 0 spiro atoms. The van der Waals surface area contributed by atoms with Crippen LogP contribution in [-0.2, 0) is 0 Å². The Bertz CT molecular complexity index is 277. The second-order valence-corrected chi connectivity index (χ2v) is 7.06. The van der Waals surface area contributed by atoms with Crippen molar-refractivity contribution in [2.24, 2.45) is 5.41 Å². The fourth-order valence-electron chi connectivity index (χ4n) is 4.19. The largest absolute Gasteiger partial charge is 0.315 e. The van der Waals surface area contributed by atoms with Crippen LogP contribution in [0.5, 0.6) is 0 Å². The number of nitrogens with one attached hydrogen (secondary N) is 1. The molecule has 2 aliphatic rings. The first-order valence-electron chi connectivity index (χ1n) is 7.57. The van der Waals surface area contributed by atoms with Gasteiger partial charge in [-0.05, 0) is 52.2 Å². The molecule has 0 bridgehead atoms. The molecule has 1 aliphatic carbocycles. The van der Waals surface area contributed by atoms with Gasteiger partial charge in [0, 0.05) is 31.2 Å². The molecule has 2 rings (SSSR count). The SMILES string of the molecule is CNC1C(N2CCCN(C)CC2C)CCC1(C)C. The van der Waals surface area contributed by atoms with Gasteiger partial charge in [0.1, 0.15) is 0 Å². The van der Waals surface area contributed by atoms with E-state index in [9.17, 15) is 0 Å². The van der Waals surface area contributed by atoms with Gasteiger partial charge in [0.25, 0.3) is 0 Å². The van der Waals surface area contributed by atoms with E-state index in [-0.39, 0.29) is 0 Å². The van der Waals surface area contributed by atoms with Gasteiger partial charge >= 0.3 is 0 Å². The van der Waals surface area contributed by atoms with Crippen molar-refractivity contribution in [3.8, 4) is 0 Å².